The summed E-state index contributed by atoms with van der Waals surface area (Å²) in [6.45, 7) is 2.66. The molecule has 2 rings (SSSR count). The van der Waals surface area contributed by atoms with Crippen molar-refractivity contribution in [2.24, 2.45) is 5.92 Å². The summed E-state index contributed by atoms with van der Waals surface area (Å²) in [5.41, 5.74) is 0.681. The Morgan fingerprint density at radius 3 is 2.52 bits per heavy atom. The Balaban J connectivity index is 1.94. The first kappa shape index (κ1) is 19.7. The van der Waals surface area contributed by atoms with Crippen LogP contribution in [0.1, 0.15) is 25.3 Å². The van der Waals surface area contributed by atoms with Gasteiger partial charge in [0.2, 0.25) is 15.9 Å². The number of carbonyl (C=O) groups excluding carboxylic acids is 1. The van der Waals surface area contributed by atoms with Crippen LogP contribution in [0.3, 0.4) is 0 Å². The van der Waals surface area contributed by atoms with Gasteiger partial charge in [-0.05, 0) is 37.5 Å². The second-order valence-electron chi connectivity index (χ2n) is 6.24. The summed E-state index contributed by atoms with van der Waals surface area (Å²) in [7, 11) is -0.114. The molecule has 1 fully saturated rings. The minimum Gasteiger partial charge on any atom is -0.494 e. The fraction of sp³-hybridized carbons (Fsp3) is 0.588. The first-order valence-electron chi connectivity index (χ1n) is 8.33. The quantitative estimate of drug-likeness (QED) is 0.764. The zero-order valence-electron chi connectivity index (χ0n) is 14.9. The number of nitrogens with zero attached hydrogens (tertiary/aromatic N) is 2. The van der Waals surface area contributed by atoms with Crippen molar-refractivity contribution in [1.82, 2.24) is 9.21 Å². The Kier molecular flexibility index (Phi) is 6.40. The van der Waals surface area contributed by atoms with Gasteiger partial charge in [0.15, 0.2) is 11.6 Å². The molecule has 1 amide bonds. The Morgan fingerprint density at radius 2 is 2.00 bits per heavy atom. The SMILES string of the molecule is CCS(=O)(=O)N1CCC(C(=O)N(C)Cc2ccc(OC)c(F)c2)CC1. The predicted molar refractivity (Wildman–Crippen MR) is 93.2 cm³/mol. The molecule has 1 saturated heterocycles. The predicted octanol–water partition coefficient (Wildman–Crippen LogP) is 1.85. The Bertz CT molecular complexity index is 715. The van der Waals surface area contributed by atoms with Crippen LogP contribution in [0.5, 0.6) is 5.75 Å². The smallest absolute Gasteiger partial charge is 0.225 e. The molecule has 0 unspecified atom stereocenters. The van der Waals surface area contributed by atoms with Gasteiger partial charge in [-0.1, -0.05) is 6.07 Å². The molecule has 1 heterocycles. The summed E-state index contributed by atoms with van der Waals surface area (Å²) in [6, 6.07) is 4.62. The van der Waals surface area contributed by atoms with E-state index in [-0.39, 0.29) is 23.3 Å². The molecule has 1 aromatic rings. The van der Waals surface area contributed by atoms with Gasteiger partial charge in [0.25, 0.3) is 0 Å². The molecule has 6 nitrogen and oxygen atoms in total. The largest absolute Gasteiger partial charge is 0.494 e. The van der Waals surface area contributed by atoms with E-state index in [1.54, 1.807) is 24.9 Å². The van der Waals surface area contributed by atoms with Gasteiger partial charge < -0.3 is 9.64 Å². The van der Waals surface area contributed by atoms with Crippen molar-refractivity contribution in [2.75, 3.05) is 33.0 Å². The van der Waals surface area contributed by atoms with Crippen molar-refractivity contribution < 1.29 is 22.3 Å². The highest BCUT2D eigenvalue weighted by Crippen LogP contribution is 2.23. The molecule has 0 aliphatic carbocycles. The van der Waals surface area contributed by atoms with E-state index in [0.717, 1.165) is 0 Å². The second-order valence-corrected chi connectivity index (χ2v) is 8.49. The topological polar surface area (TPSA) is 66.9 Å². The molecular formula is C17H25FN2O4S. The minimum atomic E-state index is -3.20. The zero-order valence-corrected chi connectivity index (χ0v) is 15.7. The molecule has 0 radical (unpaired) electrons. The molecule has 0 N–H and O–H groups in total. The molecule has 1 aromatic carbocycles. The van der Waals surface area contributed by atoms with Crippen LogP contribution in [-0.2, 0) is 21.4 Å². The minimum absolute atomic E-state index is 0.0372. The van der Waals surface area contributed by atoms with Crippen molar-refractivity contribution >= 4 is 15.9 Å². The van der Waals surface area contributed by atoms with Gasteiger partial charge in [0, 0.05) is 32.6 Å². The van der Waals surface area contributed by atoms with Crippen molar-refractivity contribution in [3.05, 3.63) is 29.6 Å². The number of amides is 1. The molecule has 0 bridgehead atoms. The highest BCUT2D eigenvalue weighted by atomic mass is 32.2. The van der Waals surface area contributed by atoms with E-state index in [1.807, 2.05) is 0 Å². The first-order valence-corrected chi connectivity index (χ1v) is 9.94. The number of sulfonamides is 1. The van der Waals surface area contributed by atoms with E-state index in [9.17, 15) is 17.6 Å². The average molecular weight is 372 g/mol. The molecule has 0 saturated carbocycles. The van der Waals surface area contributed by atoms with Crippen LogP contribution in [0.2, 0.25) is 0 Å². The normalized spacial score (nSPS) is 16.6. The van der Waals surface area contributed by atoms with Gasteiger partial charge in [0.1, 0.15) is 0 Å². The summed E-state index contributed by atoms with van der Waals surface area (Å²) < 4.78 is 43.8. The van der Waals surface area contributed by atoms with Crippen molar-refractivity contribution in [3.63, 3.8) is 0 Å². The number of ether oxygens (including phenoxy) is 1. The van der Waals surface area contributed by atoms with E-state index >= 15 is 0 Å². The van der Waals surface area contributed by atoms with Gasteiger partial charge in [-0.25, -0.2) is 17.1 Å². The maximum atomic E-state index is 13.8. The monoisotopic (exact) mass is 372 g/mol. The fourth-order valence-corrected chi connectivity index (χ4v) is 4.17. The third-order valence-electron chi connectivity index (χ3n) is 4.57. The summed E-state index contributed by atoms with van der Waals surface area (Å²) in [5.74, 6) is -0.448. The number of piperidine rings is 1. The van der Waals surface area contributed by atoms with E-state index in [2.05, 4.69) is 0 Å². The van der Waals surface area contributed by atoms with Crippen molar-refractivity contribution in [1.29, 1.82) is 0 Å². The van der Waals surface area contributed by atoms with Gasteiger partial charge >= 0.3 is 0 Å². The van der Waals surface area contributed by atoms with E-state index < -0.39 is 15.8 Å². The van der Waals surface area contributed by atoms with Crippen LogP contribution in [-0.4, -0.2) is 56.5 Å². The lowest BCUT2D eigenvalue weighted by Gasteiger charge is -2.32. The lowest BCUT2D eigenvalue weighted by atomic mass is 9.96. The van der Waals surface area contributed by atoms with Gasteiger partial charge in [-0.2, -0.15) is 0 Å². The number of rotatable bonds is 6. The highest BCUT2D eigenvalue weighted by Gasteiger charge is 2.31. The molecule has 140 valence electrons. The molecular weight excluding hydrogens is 347 g/mol. The number of halogens is 1. The number of carbonyl (C=O) groups is 1. The molecule has 1 aliphatic heterocycles. The fourth-order valence-electron chi connectivity index (χ4n) is 3.04. The molecule has 0 atom stereocenters. The van der Waals surface area contributed by atoms with Gasteiger partial charge in [-0.3, -0.25) is 4.79 Å². The number of hydrogen-bond acceptors (Lipinski definition) is 4. The van der Waals surface area contributed by atoms with Gasteiger partial charge in [0.05, 0.1) is 12.9 Å². The highest BCUT2D eigenvalue weighted by molar-refractivity contribution is 7.89. The van der Waals surface area contributed by atoms with Crippen LogP contribution in [0, 0.1) is 11.7 Å². The lowest BCUT2D eigenvalue weighted by Crippen LogP contribution is -2.43. The summed E-state index contributed by atoms with van der Waals surface area (Å²) in [4.78, 5) is 14.1. The molecule has 8 heteroatoms. The molecule has 25 heavy (non-hydrogen) atoms. The Hall–Kier alpha value is -1.67. The average Bonchev–Trinajstić information content (AvgIpc) is 2.61. The number of hydrogen-bond donors (Lipinski definition) is 0. The maximum Gasteiger partial charge on any atom is 0.225 e. The molecule has 0 spiro atoms. The third kappa shape index (κ3) is 4.70. The van der Waals surface area contributed by atoms with Crippen LogP contribution in [0.15, 0.2) is 18.2 Å². The maximum absolute atomic E-state index is 13.8. The van der Waals surface area contributed by atoms with E-state index in [1.165, 1.54) is 23.5 Å². The standard InChI is InChI=1S/C17H25FN2O4S/c1-4-25(22,23)20-9-7-14(8-10-20)17(21)19(2)12-13-5-6-16(24-3)15(18)11-13/h5-6,11,14H,4,7-10,12H2,1-3H3. The second kappa shape index (κ2) is 8.14. The number of benzene rings is 1. The van der Waals surface area contributed by atoms with Crippen molar-refractivity contribution in [2.45, 2.75) is 26.3 Å². The van der Waals surface area contributed by atoms with Crippen LogP contribution in [0.4, 0.5) is 4.39 Å². The summed E-state index contributed by atoms with van der Waals surface area (Å²) >= 11 is 0. The van der Waals surface area contributed by atoms with E-state index in [4.69, 9.17) is 4.74 Å². The van der Waals surface area contributed by atoms with Crippen LogP contribution >= 0.6 is 0 Å². The molecule has 0 aromatic heterocycles. The number of methoxy groups -OCH3 is 1. The van der Waals surface area contributed by atoms with Crippen LogP contribution < -0.4 is 4.74 Å². The Labute approximate surface area is 148 Å². The molecule has 1 aliphatic rings. The summed E-state index contributed by atoms with van der Waals surface area (Å²) in [6.07, 6.45) is 1.03. The summed E-state index contributed by atoms with van der Waals surface area (Å²) in [5, 5.41) is 0. The Morgan fingerprint density at radius 1 is 1.36 bits per heavy atom. The third-order valence-corrected chi connectivity index (χ3v) is 6.46. The van der Waals surface area contributed by atoms with Gasteiger partial charge in [-0.15, -0.1) is 0 Å². The van der Waals surface area contributed by atoms with E-state index in [0.29, 0.717) is 38.0 Å². The lowest BCUT2D eigenvalue weighted by molar-refractivity contribution is -0.135. The zero-order chi connectivity index (χ0) is 18.6. The van der Waals surface area contributed by atoms with Crippen LogP contribution in [0.25, 0.3) is 0 Å². The first-order chi connectivity index (χ1) is 11.8. The van der Waals surface area contributed by atoms with Crippen molar-refractivity contribution in [3.8, 4) is 5.75 Å².